The predicted octanol–water partition coefficient (Wildman–Crippen LogP) is 1.36. The number of aryl methyl sites for hydroxylation is 1. The van der Waals surface area contributed by atoms with E-state index in [4.69, 9.17) is 0 Å². The van der Waals surface area contributed by atoms with Gasteiger partial charge in [0.15, 0.2) is 0 Å². The number of H-pyrrole nitrogens is 1. The van der Waals surface area contributed by atoms with Gasteiger partial charge in [-0.25, -0.2) is 9.67 Å². The van der Waals surface area contributed by atoms with E-state index in [1.165, 1.54) is 6.33 Å². The lowest BCUT2D eigenvalue weighted by molar-refractivity contribution is 0.0929. The van der Waals surface area contributed by atoms with Crippen molar-refractivity contribution in [3.8, 4) is 11.4 Å². The average molecular weight is 338 g/mol. The lowest BCUT2D eigenvalue weighted by atomic mass is 10.0. The second-order valence-corrected chi connectivity index (χ2v) is 6.00. The summed E-state index contributed by atoms with van der Waals surface area (Å²) in [5.74, 6) is 1.42. The molecule has 128 valence electrons. The van der Waals surface area contributed by atoms with Gasteiger partial charge in [0.25, 0.3) is 5.91 Å². The molecule has 3 aromatic rings. The zero-order valence-corrected chi connectivity index (χ0v) is 13.8. The Labute approximate surface area is 143 Å². The molecule has 2 N–H and O–H groups in total. The molecule has 4 rings (SSSR count). The molecule has 0 saturated heterocycles. The fourth-order valence-corrected chi connectivity index (χ4v) is 2.95. The highest BCUT2D eigenvalue weighted by atomic mass is 16.1. The summed E-state index contributed by atoms with van der Waals surface area (Å²) in [5, 5.41) is 21.3. The molecule has 1 atom stereocenters. The standard InChI is InChI=1S/C16H18N8O/c1-2-24-15(17-9-18-24)13(10-7-8-10)19-16(25)12-6-4-3-5-11(12)14-20-22-23-21-14/h3-6,9-10,13H,2,7-8H2,1H3,(H,19,25)(H,20,21,22,23)/t13-/m1/s1. The Balaban J connectivity index is 1.63. The second kappa shape index (κ2) is 6.42. The summed E-state index contributed by atoms with van der Waals surface area (Å²) in [7, 11) is 0. The number of carbonyl (C=O) groups is 1. The fraction of sp³-hybridized carbons (Fsp3) is 0.375. The largest absolute Gasteiger partial charge is 0.342 e. The van der Waals surface area contributed by atoms with Gasteiger partial charge in [0.1, 0.15) is 12.2 Å². The number of tetrazole rings is 1. The Morgan fingerprint density at radius 1 is 1.40 bits per heavy atom. The van der Waals surface area contributed by atoms with Crippen LogP contribution in [-0.2, 0) is 6.54 Å². The molecular formula is C16H18N8O. The first kappa shape index (κ1) is 15.4. The number of hydrogen-bond acceptors (Lipinski definition) is 6. The molecule has 1 aliphatic rings. The monoisotopic (exact) mass is 338 g/mol. The normalized spacial score (nSPS) is 15.1. The number of rotatable bonds is 6. The van der Waals surface area contributed by atoms with Crippen molar-refractivity contribution in [1.82, 2.24) is 40.7 Å². The van der Waals surface area contributed by atoms with Crippen LogP contribution < -0.4 is 5.32 Å². The van der Waals surface area contributed by atoms with Crippen molar-refractivity contribution in [3.63, 3.8) is 0 Å². The summed E-state index contributed by atoms with van der Waals surface area (Å²) in [4.78, 5) is 17.3. The summed E-state index contributed by atoms with van der Waals surface area (Å²) in [5.41, 5.74) is 1.15. The van der Waals surface area contributed by atoms with E-state index < -0.39 is 0 Å². The van der Waals surface area contributed by atoms with Gasteiger partial charge in [-0.3, -0.25) is 4.79 Å². The van der Waals surface area contributed by atoms with Gasteiger partial charge in [-0.2, -0.15) is 10.3 Å². The van der Waals surface area contributed by atoms with Gasteiger partial charge in [0, 0.05) is 12.1 Å². The molecule has 1 saturated carbocycles. The molecule has 2 heterocycles. The molecule has 9 heteroatoms. The van der Waals surface area contributed by atoms with Crippen LogP contribution in [0.25, 0.3) is 11.4 Å². The molecule has 9 nitrogen and oxygen atoms in total. The van der Waals surface area contributed by atoms with Gasteiger partial charge in [-0.1, -0.05) is 18.2 Å². The SMILES string of the molecule is CCn1ncnc1[C@H](NC(=O)c1ccccc1-c1nn[nH]n1)C1CC1. The van der Waals surface area contributed by atoms with Gasteiger partial charge < -0.3 is 5.32 Å². The maximum Gasteiger partial charge on any atom is 0.252 e. The van der Waals surface area contributed by atoms with E-state index >= 15 is 0 Å². The van der Waals surface area contributed by atoms with Gasteiger partial charge in [-0.05, 0) is 37.0 Å². The predicted molar refractivity (Wildman–Crippen MR) is 88.2 cm³/mol. The van der Waals surface area contributed by atoms with Crippen molar-refractivity contribution >= 4 is 5.91 Å². The highest BCUT2D eigenvalue weighted by molar-refractivity contribution is 6.00. The lowest BCUT2D eigenvalue weighted by Gasteiger charge is -2.18. The van der Waals surface area contributed by atoms with E-state index in [1.807, 2.05) is 23.7 Å². The smallest absolute Gasteiger partial charge is 0.252 e. The van der Waals surface area contributed by atoms with Gasteiger partial charge >= 0.3 is 0 Å². The molecule has 0 bridgehead atoms. The lowest BCUT2D eigenvalue weighted by Crippen LogP contribution is -2.32. The Morgan fingerprint density at radius 2 is 2.24 bits per heavy atom. The number of aromatic amines is 1. The first-order valence-corrected chi connectivity index (χ1v) is 8.29. The second-order valence-electron chi connectivity index (χ2n) is 6.00. The van der Waals surface area contributed by atoms with Crippen molar-refractivity contribution < 1.29 is 4.79 Å². The highest BCUT2D eigenvalue weighted by Crippen LogP contribution is 2.40. The van der Waals surface area contributed by atoms with Crippen molar-refractivity contribution in [1.29, 1.82) is 0 Å². The van der Waals surface area contributed by atoms with Crippen LogP contribution in [-0.4, -0.2) is 41.3 Å². The van der Waals surface area contributed by atoms with E-state index in [9.17, 15) is 4.79 Å². The number of benzene rings is 1. The summed E-state index contributed by atoms with van der Waals surface area (Å²) < 4.78 is 1.83. The van der Waals surface area contributed by atoms with Crippen molar-refractivity contribution in [3.05, 3.63) is 42.0 Å². The minimum absolute atomic E-state index is 0.145. The summed E-state index contributed by atoms with van der Waals surface area (Å²) in [6, 6.07) is 7.08. The molecule has 2 aromatic heterocycles. The number of carbonyl (C=O) groups excluding carboxylic acids is 1. The van der Waals surface area contributed by atoms with Crippen LogP contribution in [0.3, 0.4) is 0 Å². The molecule has 1 aliphatic carbocycles. The first-order valence-electron chi connectivity index (χ1n) is 8.29. The quantitative estimate of drug-likeness (QED) is 0.701. The Bertz CT molecular complexity index is 868. The van der Waals surface area contributed by atoms with Crippen LogP contribution in [0, 0.1) is 5.92 Å². The van der Waals surface area contributed by atoms with E-state index in [-0.39, 0.29) is 11.9 Å². The van der Waals surface area contributed by atoms with Gasteiger partial charge in [0.2, 0.25) is 5.82 Å². The number of hydrogen-bond donors (Lipinski definition) is 2. The third kappa shape index (κ3) is 3.00. The molecule has 1 amide bonds. The van der Waals surface area contributed by atoms with E-state index in [2.05, 4.69) is 36.0 Å². The van der Waals surface area contributed by atoms with E-state index in [0.29, 0.717) is 29.4 Å². The minimum Gasteiger partial charge on any atom is -0.342 e. The van der Waals surface area contributed by atoms with Crippen LogP contribution >= 0.6 is 0 Å². The van der Waals surface area contributed by atoms with Crippen LogP contribution in [0.15, 0.2) is 30.6 Å². The maximum absolute atomic E-state index is 12.9. The molecule has 25 heavy (non-hydrogen) atoms. The molecule has 1 aromatic carbocycles. The first-order chi connectivity index (χ1) is 12.3. The summed E-state index contributed by atoms with van der Waals surface area (Å²) in [6.07, 6.45) is 3.69. The Hall–Kier alpha value is -3.10. The fourth-order valence-electron chi connectivity index (χ4n) is 2.95. The van der Waals surface area contributed by atoms with Gasteiger partial charge in [-0.15, -0.1) is 10.2 Å². The van der Waals surface area contributed by atoms with Crippen LogP contribution in [0.1, 0.15) is 42.0 Å². The van der Waals surface area contributed by atoms with Crippen LogP contribution in [0.2, 0.25) is 0 Å². The van der Waals surface area contributed by atoms with Crippen LogP contribution in [0.5, 0.6) is 0 Å². The molecule has 0 unspecified atom stereocenters. The minimum atomic E-state index is -0.178. The van der Waals surface area contributed by atoms with Gasteiger partial charge in [0.05, 0.1) is 11.6 Å². The zero-order chi connectivity index (χ0) is 17.2. The zero-order valence-electron chi connectivity index (χ0n) is 13.8. The third-order valence-corrected chi connectivity index (χ3v) is 4.36. The van der Waals surface area contributed by atoms with Crippen LogP contribution in [0.4, 0.5) is 0 Å². The molecule has 0 spiro atoms. The number of aromatic nitrogens is 7. The van der Waals surface area contributed by atoms with Crippen molar-refractivity contribution in [2.45, 2.75) is 32.4 Å². The maximum atomic E-state index is 12.9. The van der Waals surface area contributed by atoms with Crippen molar-refractivity contribution in [2.75, 3.05) is 0 Å². The Morgan fingerprint density at radius 3 is 2.96 bits per heavy atom. The Kier molecular flexibility index (Phi) is 3.96. The molecule has 0 aliphatic heterocycles. The third-order valence-electron chi connectivity index (χ3n) is 4.36. The number of nitrogens with one attached hydrogen (secondary N) is 2. The van der Waals surface area contributed by atoms with E-state index in [0.717, 1.165) is 18.7 Å². The molecular weight excluding hydrogens is 320 g/mol. The highest BCUT2D eigenvalue weighted by Gasteiger charge is 2.36. The summed E-state index contributed by atoms with van der Waals surface area (Å²) in [6.45, 7) is 2.73. The van der Waals surface area contributed by atoms with Crippen molar-refractivity contribution in [2.24, 2.45) is 5.92 Å². The summed E-state index contributed by atoms with van der Waals surface area (Å²) >= 11 is 0. The topological polar surface area (TPSA) is 114 Å². The number of nitrogens with zero attached hydrogens (tertiary/aromatic N) is 6. The molecule has 1 fully saturated rings. The average Bonchev–Trinajstić information content (AvgIpc) is 3.14. The number of amides is 1. The van der Waals surface area contributed by atoms with E-state index in [1.54, 1.807) is 12.1 Å². The molecule has 0 radical (unpaired) electrons.